The first-order valence-electron chi connectivity index (χ1n) is 6.46. The average molecular weight is 300 g/mol. The highest BCUT2D eigenvalue weighted by Crippen LogP contribution is 2.31. The molecule has 0 amide bonds. The summed E-state index contributed by atoms with van der Waals surface area (Å²) < 4.78 is 36.3. The van der Waals surface area contributed by atoms with Gasteiger partial charge in [-0.15, -0.1) is 0 Å². The second-order valence-electron chi connectivity index (χ2n) is 5.93. The van der Waals surface area contributed by atoms with Gasteiger partial charge in [-0.2, -0.15) is 4.98 Å². The fraction of sp³-hybridized carbons (Fsp3) is 0.615. The number of nitrogens with one attached hydrogen (secondary N) is 1. The molecule has 1 saturated carbocycles. The van der Waals surface area contributed by atoms with Crippen LogP contribution in [0.25, 0.3) is 0 Å². The van der Waals surface area contributed by atoms with E-state index in [-0.39, 0.29) is 11.9 Å². The summed E-state index contributed by atoms with van der Waals surface area (Å²) in [5, 5.41) is 0. The number of nitrogens with zero attached hydrogens (tertiary/aromatic N) is 1. The van der Waals surface area contributed by atoms with E-state index in [2.05, 4.69) is 9.71 Å². The van der Waals surface area contributed by atoms with Gasteiger partial charge in [-0.1, -0.05) is 0 Å². The number of hydrogen-bond donors (Lipinski definition) is 1. The van der Waals surface area contributed by atoms with E-state index < -0.39 is 15.6 Å². The second kappa shape index (κ2) is 5.12. The summed E-state index contributed by atoms with van der Waals surface area (Å²) in [4.78, 5) is 4.14. The van der Waals surface area contributed by atoms with Crippen molar-refractivity contribution in [3.8, 4) is 11.6 Å². The van der Waals surface area contributed by atoms with E-state index in [0.717, 1.165) is 19.1 Å². The summed E-state index contributed by atoms with van der Waals surface area (Å²) >= 11 is 0. The number of anilines is 1. The molecule has 6 nitrogen and oxygen atoms in total. The number of pyridine rings is 1. The third-order valence-electron chi connectivity index (χ3n) is 2.30. The van der Waals surface area contributed by atoms with Gasteiger partial charge in [0.15, 0.2) is 0 Å². The van der Waals surface area contributed by atoms with Crippen LogP contribution in [0.4, 0.5) is 5.82 Å². The zero-order valence-electron chi connectivity index (χ0n) is 12.1. The number of aromatic nitrogens is 1. The number of ether oxygens (including phenoxy) is 2. The maximum atomic E-state index is 11.3. The van der Waals surface area contributed by atoms with Gasteiger partial charge in [-0.05, 0) is 33.6 Å². The highest BCUT2D eigenvalue weighted by atomic mass is 32.2. The second-order valence-corrected chi connectivity index (χ2v) is 7.68. The van der Waals surface area contributed by atoms with Crippen molar-refractivity contribution in [3.05, 3.63) is 12.1 Å². The standard InChI is InChI=1S/C13H20N2O4S/c1-13(2,3)19-12-8-10(18-9-5-6-9)7-11(14-12)15-20(4,16)17/h7-9H,5-6H2,1-4H3,(H,14,15). The van der Waals surface area contributed by atoms with Gasteiger partial charge in [0.2, 0.25) is 15.9 Å². The van der Waals surface area contributed by atoms with Crippen LogP contribution >= 0.6 is 0 Å². The van der Waals surface area contributed by atoms with Crippen molar-refractivity contribution in [3.63, 3.8) is 0 Å². The van der Waals surface area contributed by atoms with E-state index in [1.165, 1.54) is 0 Å². The predicted octanol–water partition coefficient (Wildman–Crippen LogP) is 2.17. The fourth-order valence-corrected chi connectivity index (χ4v) is 2.02. The van der Waals surface area contributed by atoms with E-state index >= 15 is 0 Å². The molecule has 112 valence electrons. The molecular formula is C13H20N2O4S. The molecule has 1 aromatic heterocycles. The lowest BCUT2D eigenvalue weighted by Gasteiger charge is -2.21. The minimum atomic E-state index is -3.39. The molecule has 0 bridgehead atoms. The number of hydrogen-bond acceptors (Lipinski definition) is 5. The molecule has 20 heavy (non-hydrogen) atoms. The topological polar surface area (TPSA) is 77.5 Å². The first-order chi connectivity index (χ1) is 9.11. The van der Waals surface area contributed by atoms with E-state index in [1.807, 2.05) is 20.8 Å². The number of rotatable bonds is 5. The van der Waals surface area contributed by atoms with Crippen molar-refractivity contribution in [2.45, 2.75) is 45.3 Å². The normalized spacial score (nSPS) is 15.8. The maximum Gasteiger partial charge on any atom is 0.230 e. The van der Waals surface area contributed by atoms with Crippen LogP contribution in [-0.4, -0.2) is 31.4 Å². The smallest absolute Gasteiger partial charge is 0.230 e. The molecular weight excluding hydrogens is 280 g/mol. The van der Waals surface area contributed by atoms with Gasteiger partial charge in [-0.3, -0.25) is 4.72 Å². The summed E-state index contributed by atoms with van der Waals surface area (Å²) in [5.74, 6) is 1.10. The molecule has 1 fully saturated rings. The SMILES string of the molecule is CC(C)(C)Oc1cc(OC2CC2)cc(NS(C)(=O)=O)n1. The molecule has 0 aromatic carbocycles. The molecule has 0 atom stereocenters. The Balaban J connectivity index is 2.27. The minimum Gasteiger partial charge on any atom is -0.490 e. The summed E-state index contributed by atoms with van der Waals surface area (Å²) in [7, 11) is -3.39. The van der Waals surface area contributed by atoms with E-state index in [1.54, 1.807) is 12.1 Å². The Labute approximate surface area is 119 Å². The van der Waals surface area contributed by atoms with Gasteiger partial charge in [-0.25, -0.2) is 8.42 Å². The molecule has 1 aromatic rings. The zero-order valence-corrected chi connectivity index (χ0v) is 13.0. The largest absolute Gasteiger partial charge is 0.490 e. The molecule has 1 aliphatic rings. The third-order valence-corrected chi connectivity index (χ3v) is 2.88. The van der Waals surface area contributed by atoms with Crippen molar-refractivity contribution in [1.82, 2.24) is 4.98 Å². The Morgan fingerprint density at radius 3 is 2.45 bits per heavy atom. The van der Waals surface area contributed by atoms with Gasteiger partial charge < -0.3 is 9.47 Å². The van der Waals surface area contributed by atoms with Crippen LogP contribution in [0, 0.1) is 0 Å². The molecule has 1 aliphatic carbocycles. The Morgan fingerprint density at radius 1 is 1.30 bits per heavy atom. The lowest BCUT2D eigenvalue weighted by atomic mass is 10.2. The monoisotopic (exact) mass is 300 g/mol. The van der Waals surface area contributed by atoms with E-state index in [9.17, 15) is 8.42 Å². The van der Waals surface area contributed by atoms with Crippen LogP contribution in [0.3, 0.4) is 0 Å². The van der Waals surface area contributed by atoms with Crippen LogP contribution in [0.1, 0.15) is 33.6 Å². The highest BCUT2D eigenvalue weighted by molar-refractivity contribution is 7.92. The van der Waals surface area contributed by atoms with Crippen molar-refractivity contribution in [2.24, 2.45) is 0 Å². The molecule has 0 radical (unpaired) electrons. The van der Waals surface area contributed by atoms with E-state index in [4.69, 9.17) is 9.47 Å². The lowest BCUT2D eigenvalue weighted by Crippen LogP contribution is -2.24. The molecule has 0 unspecified atom stereocenters. The van der Waals surface area contributed by atoms with Crippen molar-refractivity contribution in [2.75, 3.05) is 11.0 Å². The molecule has 1 N–H and O–H groups in total. The van der Waals surface area contributed by atoms with Crippen LogP contribution < -0.4 is 14.2 Å². The Morgan fingerprint density at radius 2 is 1.95 bits per heavy atom. The van der Waals surface area contributed by atoms with Crippen LogP contribution in [0.2, 0.25) is 0 Å². The fourth-order valence-electron chi connectivity index (χ4n) is 1.54. The zero-order chi connectivity index (χ0) is 15.0. The first kappa shape index (κ1) is 14.9. The quantitative estimate of drug-likeness (QED) is 0.901. The third kappa shape index (κ3) is 5.24. The van der Waals surface area contributed by atoms with Crippen molar-refractivity contribution < 1.29 is 17.9 Å². The van der Waals surface area contributed by atoms with Gasteiger partial charge in [0.25, 0.3) is 0 Å². The van der Waals surface area contributed by atoms with Crippen molar-refractivity contribution in [1.29, 1.82) is 0 Å². The maximum absolute atomic E-state index is 11.3. The lowest BCUT2D eigenvalue weighted by molar-refractivity contribution is 0.123. The summed E-state index contributed by atoms with van der Waals surface area (Å²) in [6.07, 6.45) is 3.33. The summed E-state index contributed by atoms with van der Waals surface area (Å²) in [6.45, 7) is 5.69. The first-order valence-corrected chi connectivity index (χ1v) is 8.35. The highest BCUT2D eigenvalue weighted by Gasteiger charge is 2.24. The molecule has 7 heteroatoms. The van der Waals surface area contributed by atoms with Gasteiger partial charge >= 0.3 is 0 Å². The van der Waals surface area contributed by atoms with Crippen molar-refractivity contribution >= 4 is 15.8 Å². The van der Waals surface area contributed by atoms with Gasteiger partial charge in [0.05, 0.1) is 12.4 Å². The van der Waals surface area contributed by atoms with Crippen LogP contribution in [0.15, 0.2) is 12.1 Å². The average Bonchev–Trinajstić information content (AvgIpc) is 2.94. The Kier molecular flexibility index (Phi) is 3.82. The number of sulfonamides is 1. The summed E-state index contributed by atoms with van der Waals surface area (Å²) in [5.41, 5.74) is -0.423. The van der Waals surface area contributed by atoms with Crippen LogP contribution in [0.5, 0.6) is 11.6 Å². The minimum absolute atomic E-state index is 0.199. The summed E-state index contributed by atoms with van der Waals surface area (Å²) in [6, 6.07) is 3.24. The molecule has 0 spiro atoms. The molecule has 1 heterocycles. The predicted molar refractivity (Wildman–Crippen MR) is 76.7 cm³/mol. The molecule has 0 aliphatic heterocycles. The van der Waals surface area contributed by atoms with Crippen LogP contribution in [-0.2, 0) is 10.0 Å². The molecule has 2 rings (SSSR count). The Hall–Kier alpha value is -1.50. The van der Waals surface area contributed by atoms with Gasteiger partial charge in [0, 0.05) is 12.1 Å². The molecule has 0 saturated heterocycles. The van der Waals surface area contributed by atoms with E-state index in [0.29, 0.717) is 11.6 Å². The van der Waals surface area contributed by atoms with Gasteiger partial charge in [0.1, 0.15) is 17.2 Å². The Bertz CT molecular complexity index is 589.